The van der Waals surface area contributed by atoms with E-state index in [1.165, 1.54) is 24.0 Å². The summed E-state index contributed by atoms with van der Waals surface area (Å²) in [5.41, 5.74) is 5.61. The van der Waals surface area contributed by atoms with E-state index in [-0.39, 0.29) is 6.04 Å². The molecule has 0 saturated heterocycles. The first kappa shape index (κ1) is 13.2. The van der Waals surface area contributed by atoms with E-state index in [2.05, 4.69) is 50.5 Å². The summed E-state index contributed by atoms with van der Waals surface area (Å²) < 4.78 is 0. The number of hydrazine groups is 1. The first-order valence-corrected chi connectivity index (χ1v) is 6.27. The van der Waals surface area contributed by atoms with Crippen LogP contribution in [0.4, 0.5) is 0 Å². The first-order chi connectivity index (χ1) is 7.72. The van der Waals surface area contributed by atoms with Gasteiger partial charge in [0.1, 0.15) is 0 Å². The lowest BCUT2D eigenvalue weighted by molar-refractivity contribution is 0.368. The third kappa shape index (κ3) is 3.32. The Labute approximate surface area is 99.2 Å². The van der Waals surface area contributed by atoms with Crippen molar-refractivity contribution in [1.82, 2.24) is 5.43 Å². The van der Waals surface area contributed by atoms with Crippen LogP contribution in [0, 0.1) is 5.92 Å². The molecule has 0 aliphatic carbocycles. The lowest BCUT2D eigenvalue weighted by atomic mass is 9.91. The topological polar surface area (TPSA) is 38.0 Å². The van der Waals surface area contributed by atoms with Crippen LogP contribution in [0.25, 0.3) is 0 Å². The van der Waals surface area contributed by atoms with Crippen LogP contribution in [0.15, 0.2) is 24.3 Å². The van der Waals surface area contributed by atoms with Crippen molar-refractivity contribution in [3.8, 4) is 0 Å². The number of aryl methyl sites for hydroxylation is 1. The highest BCUT2D eigenvalue weighted by atomic mass is 15.2. The minimum Gasteiger partial charge on any atom is -0.271 e. The molecule has 2 unspecified atom stereocenters. The van der Waals surface area contributed by atoms with Crippen LogP contribution >= 0.6 is 0 Å². The third-order valence-corrected chi connectivity index (χ3v) is 3.24. The zero-order valence-electron chi connectivity index (χ0n) is 10.7. The maximum Gasteiger partial charge on any atom is 0.0485 e. The molecule has 1 rings (SSSR count). The Morgan fingerprint density at radius 2 is 1.81 bits per heavy atom. The summed E-state index contributed by atoms with van der Waals surface area (Å²) in [5.74, 6) is 6.23. The fraction of sp³-hybridized carbons (Fsp3) is 0.571. The predicted molar refractivity (Wildman–Crippen MR) is 70.0 cm³/mol. The molecule has 0 aliphatic rings. The summed E-state index contributed by atoms with van der Waals surface area (Å²) in [6, 6.07) is 9.03. The van der Waals surface area contributed by atoms with Gasteiger partial charge in [-0.3, -0.25) is 11.3 Å². The van der Waals surface area contributed by atoms with E-state index in [1.807, 2.05) is 0 Å². The zero-order valence-corrected chi connectivity index (χ0v) is 10.7. The molecule has 2 atom stereocenters. The van der Waals surface area contributed by atoms with E-state index in [9.17, 15) is 0 Å². The molecular weight excluding hydrogens is 196 g/mol. The molecule has 0 aromatic heterocycles. The molecule has 0 radical (unpaired) electrons. The van der Waals surface area contributed by atoms with E-state index in [4.69, 9.17) is 5.84 Å². The largest absolute Gasteiger partial charge is 0.271 e. The average Bonchev–Trinajstić information content (AvgIpc) is 2.31. The second-order valence-corrected chi connectivity index (χ2v) is 4.51. The van der Waals surface area contributed by atoms with Gasteiger partial charge in [0.25, 0.3) is 0 Å². The Kier molecular flexibility index (Phi) is 5.50. The highest BCUT2D eigenvalue weighted by Crippen LogP contribution is 2.25. The number of rotatable bonds is 6. The molecule has 1 aromatic carbocycles. The fourth-order valence-electron chi connectivity index (χ4n) is 2.17. The maximum absolute atomic E-state index is 5.66. The smallest absolute Gasteiger partial charge is 0.0485 e. The first-order valence-electron chi connectivity index (χ1n) is 6.27. The van der Waals surface area contributed by atoms with Crippen molar-refractivity contribution >= 4 is 0 Å². The average molecular weight is 220 g/mol. The Morgan fingerprint density at radius 1 is 1.19 bits per heavy atom. The molecule has 90 valence electrons. The van der Waals surface area contributed by atoms with Gasteiger partial charge in [-0.1, -0.05) is 51.5 Å². The van der Waals surface area contributed by atoms with Gasteiger partial charge in [-0.15, -0.1) is 0 Å². The Morgan fingerprint density at radius 3 is 2.25 bits per heavy atom. The SMILES string of the molecule is CCCC(C)C(NN)c1ccc(CC)cc1. The Hall–Kier alpha value is -0.860. The van der Waals surface area contributed by atoms with Gasteiger partial charge in [0.15, 0.2) is 0 Å². The zero-order chi connectivity index (χ0) is 12.0. The van der Waals surface area contributed by atoms with Crippen molar-refractivity contribution in [3.05, 3.63) is 35.4 Å². The Balaban J connectivity index is 2.78. The molecular formula is C14H24N2. The quantitative estimate of drug-likeness (QED) is 0.571. The highest BCUT2D eigenvalue weighted by molar-refractivity contribution is 5.25. The number of benzene rings is 1. The van der Waals surface area contributed by atoms with Crippen LogP contribution in [0.3, 0.4) is 0 Å². The molecule has 2 heteroatoms. The van der Waals surface area contributed by atoms with Crippen molar-refractivity contribution in [3.63, 3.8) is 0 Å². The predicted octanol–water partition coefficient (Wildman–Crippen LogP) is 3.19. The van der Waals surface area contributed by atoms with Gasteiger partial charge in [0.2, 0.25) is 0 Å². The van der Waals surface area contributed by atoms with Crippen molar-refractivity contribution < 1.29 is 0 Å². The molecule has 0 amide bonds. The van der Waals surface area contributed by atoms with Gasteiger partial charge in [0, 0.05) is 6.04 Å². The summed E-state index contributed by atoms with van der Waals surface area (Å²) in [4.78, 5) is 0. The molecule has 16 heavy (non-hydrogen) atoms. The van der Waals surface area contributed by atoms with Crippen LogP contribution in [0.2, 0.25) is 0 Å². The van der Waals surface area contributed by atoms with Crippen molar-refractivity contribution in [2.24, 2.45) is 11.8 Å². The molecule has 0 fully saturated rings. The summed E-state index contributed by atoms with van der Waals surface area (Å²) in [6.45, 7) is 6.64. The second-order valence-electron chi connectivity index (χ2n) is 4.51. The summed E-state index contributed by atoms with van der Waals surface area (Å²) in [7, 11) is 0. The van der Waals surface area contributed by atoms with Gasteiger partial charge in [-0.2, -0.15) is 0 Å². The van der Waals surface area contributed by atoms with E-state index in [1.54, 1.807) is 0 Å². The minimum absolute atomic E-state index is 0.269. The van der Waals surface area contributed by atoms with Gasteiger partial charge in [-0.05, 0) is 29.9 Å². The summed E-state index contributed by atoms with van der Waals surface area (Å²) in [5, 5.41) is 0. The fourth-order valence-corrected chi connectivity index (χ4v) is 2.17. The van der Waals surface area contributed by atoms with Gasteiger partial charge in [0.05, 0.1) is 0 Å². The monoisotopic (exact) mass is 220 g/mol. The lowest BCUT2D eigenvalue weighted by Crippen LogP contribution is -2.32. The van der Waals surface area contributed by atoms with Gasteiger partial charge in [-0.25, -0.2) is 0 Å². The van der Waals surface area contributed by atoms with E-state index < -0.39 is 0 Å². The Bertz CT molecular complexity index is 292. The normalized spacial score (nSPS) is 14.8. The second kappa shape index (κ2) is 6.66. The molecule has 0 heterocycles. The van der Waals surface area contributed by atoms with Crippen LogP contribution in [0.1, 0.15) is 50.8 Å². The molecule has 2 nitrogen and oxygen atoms in total. The number of nitrogens with one attached hydrogen (secondary N) is 1. The highest BCUT2D eigenvalue weighted by Gasteiger charge is 2.16. The van der Waals surface area contributed by atoms with Crippen LogP contribution in [0.5, 0.6) is 0 Å². The molecule has 0 bridgehead atoms. The molecule has 0 saturated carbocycles. The van der Waals surface area contributed by atoms with Crippen molar-refractivity contribution in [2.45, 2.75) is 46.1 Å². The van der Waals surface area contributed by atoms with Gasteiger partial charge < -0.3 is 0 Å². The lowest BCUT2D eigenvalue weighted by Gasteiger charge is -2.23. The standard InChI is InChI=1S/C14H24N2/c1-4-6-11(3)14(16-15)13-9-7-12(5-2)8-10-13/h7-11,14,16H,4-6,15H2,1-3H3. The van der Waals surface area contributed by atoms with E-state index in [0.29, 0.717) is 5.92 Å². The summed E-state index contributed by atoms with van der Waals surface area (Å²) >= 11 is 0. The number of hydrogen-bond acceptors (Lipinski definition) is 2. The van der Waals surface area contributed by atoms with E-state index >= 15 is 0 Å². The minimum atomic E-state index is 0.269. The number of hydrogen-bond donors (Lipinski definition) is 2. The van der Waals surface area contributed by atoms with Crippen LogP contribution < -0.4 is 11.3 Å². The van der Waals surface area contributed by atoms with Crippen molar-refractivity contribution in [2.75, 3.05) is 0 Å². The third-order valence-electron chi connectivity index (χ3n) is 3.24. The van der Waals surface area contributed by atoms with E-state index in [0.717, 1.165) is 6.42 Å². The van der Waals surface area contributed by atoms with Gasteiger partial charge >= 0.3 is 0 Å². The molecule has 1 aromatic rings. The van der Waals surface area contributed by atoms with Crippen LogP contribution in [-0.2, 0) is 6.42 Å². The number of nitrogens with two attached hydrogens (primary N) is 1. The summed E-state index contributed by atoms with van der Waals surface area (Å²) in [6.07, 6.45) is 3.49. The van der Waals surface area contributed by atoms with Crippen LogP contribution in [-0.4, -0.2) is 0 Å². The molecule has 0 spiro atoms. The molecule has 0 aliphatic heterocycles. The molecule has 3 N–H and O–H groups in total. The maximum atomic E-state index is 5.66. The van der Waals surface area contributed by atoms with Crippen molar-refractivity contribution in [1.29, 1.82) is 0 Å².